The summed E-state index contributed by atoms with van der Waals surface area (Å²) in [5, 5.41) is 1.25. The first kappa shape index (κ1) is 8.82. The molecule has 0 spiro atoms. The second kappa shape index (κ2) is 3.54. The number of rotatable bonds is 3. The molecule has 0 amide bonds. The van der Waals surface area contributed by atoms with Crippen molar-refractivity contribution in [3.8, 4) is 0 Å². The molecular formula is C13H13N. The van der Waals surface area contributed by atoms with Crippen LogP contribution in [0.3, 0.4) is 0 Å². The molecule has 1 aromatic carbocycles. The Morgan fingerprint density at radius 3 is 2.79 bits per heavy atom. The lowest BCUT2D eigenvalue weighted by molar-refractivity contribution is 0.865. The molecule has 0 bridgehead atoms. The average molecular weight is 183 g/mol. The maximum Gasteiger partial charge on any atom is 0.0556 e. The molecule has 1 aromatic heterocycles. The Morgan fingerprint density at radius 2 is 2.07 bits per heavy atom. The van der Waals surface area contributed by atoms with Gasteiger partial charge in [-0.25, -0.2) is 0 Å². The van der Waals surface area contributed by atoms with E-state index in [2.05, 4.69) is 48.2 Å². The van der Waals surface area contributed by atoms with Gasteiger partial charge in [0, 0.05) is 18.1 Å². The molecule has 1 heterocycles. The van der Waals surface area contributed by atoms with Crippen LogP contribution in [0.4, 0.5) is 0 Å². The number of fused-ring (bicyclic) bond motifs is 1. The number of nitrogens with zero attached hydrogens (tertiary/aromatic N) is 1. The Bertz CT molecular complexity index is 477. The summed E-state index contributed by atoms with van der Waals surface area (Å²) >= 11 is 0. The minimum Gasteiger partial charge on any atom is -0.343 e. The van der Waals surface area contributed by atoms with Crippen LogP contribution in [0.5, 0.6) is 0 Å². The van der Waals surface area contributed by atoms with E-state index in [0.717, 1.165) is 6.54 Å². The third-order valence-corrected chi connectivity index (χ3v) is 2.37. The molecule has 0 radical (unpaired) electrons. The maximum absolute atomic E-state index is 3.82. The van der Waals surface area contributed by atoms with Crippen LogP contribution in [0.1, 0.15) is 5.56 Å². The van der Waals surface area contributed by atoms with Crippen molar-refractivity contribution >= 4 is 17.0 Å². The van der Waals surface area contributed by atoms with Crippen LogP contribution in [0.2, 0.25) is 0 Å². The fraction of sp³-hybridized carbons (Fsp3) is 0.0769. The van der Waals surface area contributed by atoms with E-state index in [1.54, 1.807) is 0 Å². The molecule has 0 atom stereocenters. The smallest absolute Gasteiger partial charge is 0.0556 e. The summed E-state index contributed by atoms with van der Waals surface area (Å²) in [6.45, 7) is 8.42. The minimum atomic E-state index is 0.842. The number of hydrogen-bond acceptors (Lipinski definition) is 0. The zero-order valence-electron chi connectivity index (χ0n) is 8.11. The highest BCUT2D eigenvalue weighted by Gasteiger charge is 2.02. The van der Waals surface area contributed by atoms with Crippen molar-refractivity contribution in [3.63, 3.8) is 0 Å². The summed E-state index contributed by atoms with van der Waals surface area (Å²) in [5.74, 6) is 0. The first-order valence-electron chi connectivity index (χ1n) is 4.68. The van der Waals surface area contributed by atoms with Gasteiger partial charge in [0.15, 0.2) is 0 Å². The summed E-state index contributed by atoms with van der Waals surface area (Å²) in [4.78, 5) is 0. The van der Waals surface area contributed by atoms with Crippen molar-refractivity contribution in [2.24, 2.45) is 0 Å². The molecule has 14 heavy (non-hydrogen) atoms. The fourth-order valence-corrected chi connectivity index (χ4v) is 1.75. The zero-order chi connectivity index (χ0) is 9.97. The normalized spacial score (nSPS) is 10.3. The van der Waals surface area contributed by atoms with Gasteiger partial charge in [-0.1, -0.05) is 36.9 Å². The fourth-order valence-electron chi connectivity index (χ4n) is 1.75. The quantitative estimate of drug-likeness (QED) is 0.642. The third kappa shape index (κ3) is 1.27. The SMILES string of the molecule is C=CCn1ccc2cccc(C=C)c21. The largest absolute Gasteiger partial charge is 0.343 e. The van der Waals surface area contributed by atoms with Crippen LogP contribution < -0.4 is 0 Å². The highest BCUT2D eigenvalue weighted by molar-refractivity contribution is 5.88. The van der Waals surface area contributed by atoms with E-state index in [-0.39, 0.29) is 0 Å². The number of hydrogen-bond donors (Lipinski definition) is 0. The number of benzene rings is 1. The maximum atomic E-state index is 3.82. The van der Waals surface area contributed by atoms with Gasteiger partial charge in [-0.15, -0.1) is 6.58 Å². The van der Waals surface area contributed by atoms with E-state index in [1.165, 1.54) is 16.5 Å². The lowest BCUT2D eigenvalue weighted by Gasteiger charge is -2.04. The second-order valence-electron chi connectivity index (χ2n) is 3.25. The van der Waals surface area contributed by atoms with Gasteiger partial charge in [-0.3, -0.25) is 0 Å². The summed E-state index contributed by atoms with van der Waals surface area (Å²) in [6, 6.07) is 8.36. The van der Waals surface area contributed by atoms with E-state index in [9.17, 15) is 0 Å². The van der Waals surface area contributed by atoms with Crippen molar-refractivity contribution in [2.75, 3.05) is 0 Å². The summed E-state index contributed by atoms with van der Waals surface area (Å²) < 4.78 is 2.18. The summed E-state index contributed by atoms with van der Waals surface area (Å²) in [5.41, 5.74) is 2.41. The van der Waals surface area contributed by atoms with E-state index in [4.69, 9.17) is 0 Å². The molecule has 0 aliphatic carbocycles. The Labute approximate surface area is 84.0 Å². The predicted octanol–water partition coefficient (Wildman–Crippen LogP) is 3.47. The molecule has 2 aromatic rings. The summed E-state index contributed by atoms with van der Waals surface area (Å²) in [6.07, 6.45) is 5.88. The van der Waals surface area contributed by atoms with E-state index >= 15 is 0 Å². The topological polar surface area (TPSA) is 4.93 Å². The highest BCUT2D eigenvalue weighted by Crippen LogP contribution is 2.21. The van der Waals surface area contributed by atoms with Crippen molar-refractivity contribution in [1.82, 2.24) is 4.57 Å². The van der Waals surface area contributed by atoms with Crippen LogP contribution in [0, 0.1) is 0 Å². The molecule has 0 saturated carbocycles. The van der Waals surface area contributed by atoms with E-state index < -0.39 is 0 Å². The van der Waals surface area contributed by atoms with Crippen molar-refractivity contribution in [1.29, 1.82) is 0 Å². The first-order valence-corrected chi connectivity index (χ1v) is 4.68. The third-order valence-electron chi connectivity index (χ3n) is 2.37. The van der Waals surface area contributed by atoms with Crippen molar-refractivity contribution < 1.29 is 0 Å². The van der Waals surface area contributed by atoms with Gasteiger partial charge in [0.1, 0.15) is 0 Å². The molecule has 0 unspecified atom stereocenters. The van der Waals surface area contributed by atoms with Crippen LogP contribution in [-0.2, 0) is 6.54 Å². The van der Waals surface area contributed by atoms with Gasteiger partial charge in [0.2, 0.25) is 0 Å². The molecular weight excluding hydrogens is 170 g/mol. The average Bonchev–Trinajstić information content (AvgIpc) is 2.62. The van der Waals surface area contributed by atoms with Crippen molar-refractivity contribution in [3.05, 3.63) is 55.3 Å². The standard InChI is InChI=1S/C13H13N/c1-3-9-14-10-8-12-7-5-6-11(4-2)13(12)14/h3-8,10H,1-2,9H2. The Hall–Kier alpha value is -1.76. The van der Waals surface area contributed by atoms with Crippen LogP contribution in [0.25, 0.3) is 17.0 Å². The summed E-state index contributed by atoms with van der Waals surface area (Å²) in [7, 11) is 0. The van der Waals surface area contributed by atoms with Gasteiger partial charge in [-0.2, -0.15) is 0 Å². The Morgan fingerprint density at radius 1 is 1.21 bits per heavy atom. The lowest BCUT2D eigenvalue weighted by Crippen LogP contribution is -1.93. The van der Waals surface area contributed by atoms with E-state index in [1.807, 2.05) is 12.2 Å². The predicted molar refractivity (Wildman–Crippen MR) is 62.2 cm³/mol. The monoisotopic (exact) mass is 183 g/mol. The zero-order valence-corrected chi connectivity index (χ0v) is 8.11. The van der Waals surface area contributed by atoms with E-state index in [0.29, 0.717) is 0 Å². The molecule has 1 nitrogen and oxygen atoms in total. The van der Waals surface area contributed by atoms with Crippen LogP contribution in [-0.4, -0.2) is 4.57 Å². The minimum absolute atomic E-state index is 0.842. The van der Waals surface area contributed by atoms with Gasteiger partial charge < -0.3 is 4.57 Å². The number of allylic oxidation sites excluding steroid dienone is 1. The molecule has 0 N–H and O–H groups in total. The highest BCUT2D eigenvalue weighted by atomic mass is 14.9. The van der Waals surface area contributed by atoms with Crippen molar-refractivity contribution in [2.45, 2.75) is 6.54 Å². The number of aromatic nitrogens is 1. The Kier molecular flexibility index (Phi) is 2.23. The Balaban J connectivity index is 2.73. The molecule has 0 saturated heterocycles. The van der Waals surface area contributed by atoms with Gasteiger partial charge in [0.25, 0.3) is 0 Å². The molecule has 0 fully saturated rings. The molecule has 1 heteroatoms. The first-order chi connectivity index (χ1) is 6.86. The molecule has 2 rings (SSSR count). The molecule has 0 aliphatic rings. The van der Waals surface area contributed by atoms with Gasteiger partial charge in [-0.05, 0) is 11.6 Å². The van der Waals surface area contributed by atoms with Crippen LogP contribution in [0.15, 0.2) is 49.7 Å². The second-order valence-corrected chi connectivity index (χ2v) is 3.25. The number of para-hydroxylation sites is 1. The lowest BCUT2D eigenvalue weighted by atomic mass is 10.1. The van der Waals surface area contributed by atoms with Gasteiger partial charge >= 0.3 is 0 Å². The molecule has 0 aliphatic heterocycles. The molecule has 70 valence electrons. The van der Waals surface area contributed by atoms with Gasteiger partial charge in [0.05, 0.1) is 5.52 Å². The van der Waals surface area contributed by atoms with Crippen LogP contribution >= 0.6 is 0 Å².